The second kappa shape index (κ2) is 7.75. The summed E-state index contributed by atoms with van der Waals surface area (Å²) in [4.78, 5) is 11.6. The summed E-state index contributed by atoms with van der Waals surface area (Å²) in [5, 5.41) is 10.1. The summed E-state index contributed by atoms with van der Waals surface area (Å²) < 4.78 is 11.4. The van der Waals surface area contributed by atoms with Crippen LogP contribution in [0.25, 0.3) is 0 Å². The third-order valence-electron chi connectivity index (χ3n) is 3.96. The Kier molecular flexibility index (Phi) is 5.98. The second-order valence-corrected chi connectivity index (χ2v) is 6.43. The van der Waals surface area contributed by atoms with Gasteiger partial charge in [-0.15, -0.1) is 0 Å². The van der Waals surface area contributed by atoms with E-state index < -0.39 is 5.60 Å². The first-order valence-corrected chi connectivity index (χ1v) is 8.06. The molecule has 1 N–H and O–H groups in total. The minimum Gasteiger partial charge on any atom is -0.462 e. The van der Waals surface area contributed by atoms with Crippen molar-refractivity contribution in [3.63, 3.8) is 0 Å². The van der Waals surface area contributed by atoms with Crippen molar-refractivity contribution in [2.75, 3.05) is 0 Å². The summed E-state index contributed by atoms with van der Waals surface area (Å²) >= 11 is 0. The van der Waals surface area contributed by atoms with E-state index in [2.05, 4.69) is 6.92 Å². The summed E-state index contributed by atoms with van der Waals surface area (Å²) in [5.41, 5.74) is 0.173. The molecule has 1 aromatic carbocycles. The predicted octanol–water partition coefficient (Wildman–Crippen LogP) is 3.22. The molecule has 0 spiro atoms. The minimum absolute atomic E-state index is 0.0388. The Labute approximate surface area is 132 Å². The molecule has 0 unspecified atom stereocenters. The van der Waals surface area contributed by atoms with Crippen molar-refractivity contribution in [3.05, 3.63) is 35.9 Å². The zero-order chi connectivity index (χ0) is 16.0. The number of cyclic esters (lactones) is 1. The highest BCUT2D eigenvalue weighted by atomic mass is 16.6. The van der Waals surface area contributed by atoms with E-state index in [-0.39, 0.29) is 24.6 Å². The standard InChI is InChI=1S/C18H26O4/c1-3-7-15(21-13-14-8-5-4-6-9-14)10-16-11-18(2,20)12-17(19)22-16/h4-6,8-9,15-16,20H,3,7,10-13H2,1-2H3/t15-,16+,18+/m1/s1. The van der Waals surface area contributed by atoms with Crippen LogP contribution in [-0.4, -0.2) is 28.9 Å². The predicted molar refractivity (Wildman–Crippen MR) is 84.3 cm³/mol. The van der Waals surface area contributed by atoms with Gasteiger partial charge in [0.05, 0.1) is 24.7 Å². The summed E-state index contributed by atoms with van der Waals surface area (Å²) in [6.45, 7) is 4.37. The molecule has 1 fully saturated rings. The van der Waals surface area contributed by atoms with Crippen molar-refractivity contribution in [2.24, 2.45) is 0 Å². The number of aliphatic hydroxyl groups is 1. The number of benzene rings is 1. The van der Waals surface area contributed by atoms with Crippen molar-refractivity contribution < 1.29 is 19.4 Å². The van der Waals surface area contributed by atoms with Crippen LogP contribution in [0.4, 0.5) is 0 Å². The Bertz CT molecular complexity index is 469. The Balaban J connectivity index is 1.89. The van der Waals surface area contributed by atoms with E-state index in [1.54, 1.807) is 6.92 Å². The number of carbonyl (C=O) groups excluding carboxylic acids is 1. The monoisotopic (exact) mass is 306 g/mol. The van der Waals surface area contributed by atoms with Gasteiger partial charge in [0.25, 0.3) is 0 Å². The van der Waals surface area contributed by atoms with E-state index in [9.17, 15) is 9.90 Å². The molecule has 2 rings (SSSR count). The number of esters is 1. The van der Waals surface area contributed by atoms with Crippen molar-refractivity contribution in [1.29, 1.82) is 0 Å². The van der Waals surface area contributed by atoms with Crippen LogP contribution in [0.2, 0.25) is 0 Å². The number of rotatable bonds is 7. The lowest BCUT2D eigenvalue weighted by Gasteiger charge is -2.34. The van der Waals surface area contributed by atoms with Crippen LogP contribution in [0.15, 0.2) is 30.3 Å². The molecule has 122 valence electrons. The van der Waals surface area contributed by atoms with Gasteiger partial charge in [-0.25, -0.2) is 0 Å². The van der Waals surface area contributed by atoms with Crippen LogP contribution in [0.1, 0.15) is 51.5 Å². The lowest BCUT2D eigenvalue weighted by Crippen LogP contribution is -2.42. The molecule has 3 atom stereocenters. The first-order valence-electron chi connectivity index (χ1n) is 8.06. The number of hydrogen-bond acceptors (Lipinski definition) is 4. The van der Waals surface area contributed by atoms with Gasteiger partial charge in [0.15, 0.2) is 0 Å². The fraction of sp³-hybridized carbons (Fsp3) is 0.611. The molecule has 1 aliphatic rings. The molecule has 0 radical (unpaired) electrons. The van der Waals surface area contributed by atoms with Crippen LogP contribution in [0.3, 0.4) is 0 Å². The highest BCUT2D eigenvalue weighted by Crippen LogP contribution is 2.28. The molecule has 0 amide bonds. The SMILES string of the molecule is CCC[C@H](C[C@H]1C[C@](C)(O)CC(=O)O1)OCc1ccccc1. The van der Waals surface area contributed by atoms with Gasteiger partial charge in [-0.05, 0) is 18.9 Å². The lowest BCUT2D eigenvalue weighted by molar-refractivity contribution is -0.171. The zero-order valence-electron chi connectivity index (χ0n) is 13.5. The molecule has 0 saturated carbocycles. The first kappa shape index (κ1) is 17.0. The van der Waals surface area contributed by atoms with E-state index in [1.807, 2.05) is 30.3 Å². The Morgan fingerprint density at radius 1 is 1.41 bits per heavy atom. The van der Waals surface area contributed by atoms with Crippen LogP contribution in [0.5, 0.6) is 0 Å². The molecule has 1 heterocycles. The van der Waals surface area contributed by atoms with Crippen LogP contribution in [-0.2, 0) is 20.9 Å². The Morgan fingerprint density at radius 3 is 2.77 bits per heavy atom. The molecule has 1 saturated heterocycles. The summed E-state index contributed by atoms with van der Waals surface area (Å²) in [7, 11) is 0. The van der Waals surface area contributed by atoms with E-state index in [0.29, 0.717) is 19.4 Å². The molecular weight excluding hydrogens is 280 g/mol. The smallest absolute Gasteiger partial charge is 0.308 e. The summed E-state index contributed by atoms with van der Waals surface area (Å²) in [6.07, 6.45) is 2.91. The van der Waals surface area contributed by atoms with Crippen molar-refractivity contribution in [1.82, 2.24) is 0 Å². The normalized spacial score (nSPS) is 26.5. The maximum Gasteiger partial charge on any atom is 0.308 e. The maximum absolute atomic E-state index is 11.6. The van der Waals surface area contributed by atoms with Gasteiger partial charge < -0.3 is 14.6 Å². The van der Waals surface area contributed by atoms with Gasteiger partial charge in [-0.1, -0.05) is 43.7 Å². The van der Waals surface area contributed by atoms with E-state index >= 15 is 0 Å². The quantitative estimate of drug-likeness (QED) is 0.786. The minimum atomic E-state index is -0.962. The van der Waals surface area contributed by atoms with Crippen LogP contribution >= 0.6 is 0 Å². The largest absolute Gasteiger partial charge is 0.462 e. The van der Waals surface area contributed by atoms with Gasteiger partial charge in [0, 0.05) is 12.8 Å². The molecule has 0 aromatic heterocycles. The number of hydrogen-bond donors (Lipinski definition) is 1. The van der Waals surface area contributed by atoms with E-state index in [1.165, 1.54) is 0 Å². The fourth-order valence-electron chi connectivity index (χ4n) is 2.95. The molecule has 0 bridgehead atoms. The zero-order valence-corrected chi connectivity index (χ0v) is 13.5. The average Bonchev–Trinajstić information content (AvgIpc) is 2.44. The topological polar surface area (TPSA) is 55.8 Å². The molecule has 1 aliphatic heterocycles. The highest BCUT2D eigenvalue weighted by molar-refractivity contribution is 5.71. The number of ether oxygens (including phenoxy) is 2. The van der Waals surface area contributed by atoms with Gasteiger partial charge >= 0.3 is 5.97 Å². The summed E-state index contributed by atoms with van der Waals surface area (Å²) in [6, 6.07) is 10.0. The fourth-order valence-corrected chi connectivity index (χ4v) is 2.95. The van der Waals surface area contributed by atoms with Crippen LogP contribution < -0.4 is 0 Å². The lowest BCUT2D eigenvalue weighted by atomic mass is 9.89. The Hall–Kier alpha value is -1.39. The maximum atomic E-state index is 11.6. The molecule has 22 heavy (non-hydrogen) atoms. The Morgan fingerprint density at radius 2 is 2.14 bits per heavy atom. The third-order valence-corrected chi connectivity index (χ3v) is 3.96. The van der Waals surface area contributed by atoms with Crippen molar-refractivity contribution in [3.8, 4) is 0 Å². The first-order chi connectivity index (χ1) is 10.5. The number of carbonyl (C=O) groups is 1. The average molecular weight is 306 g/mol. The van der Waals surface area contributed by atoms with Gasteiger partial charge in [0.2, 0.25) is 0 Å². The van der Waals surface area contributed by atoms with Gasteiger partial charge in [0.1, 0.15) is 6.10 Å². The van der Waals surface area contributed by atoms with Gasteiger partial charge in [-0.2, -0.15) is 0 Å². The molecule has 4 heteroatoms. The molecular formula is C18H26O4. The van der Waals surface area contributed by atoms with E-state index in [4.69, 9.17) is 9.47 Å². The van der Waals surface area contributed by atoms with Gasteiger partial charge in [-0.3, -0.25) is 4.79 Å². The van der Waals surface area contributed by atoms with Crippen molar-refractivity contribution in [2.45, 2.75) is 70.4 Å². The second-order valence-electron chi connectivity index (χ2n) is 6.43. The molecule has 1 aromatic rings. The summed E-state index contributed by atoms with van der Waals surface area (Å²) in [5.74, 6) is -0.320. The molecule has 0 aliphatic carbocycles. The molecule has 4 nitrogen and oxygen atoms in total. The van der Waals surface area contributed by atoms with E-state index in [0.717, 1.165) is 18.4 Å². The van der Waals surface area contributed by atoms with Crippen LogP contribution in [0, 0.1) is 0 Å². The highest BCUT2D eigenvalue weighted by Gasteiger charge is 2.37. The third kappa shape index (κ3) is 5.43. The van der Waals surface area contributed by atoms with Crippen molar-refractivity contribution >= 4 is 5.97 Å².